The van der Waals surface area contributed by atoms with Crippen LogP contribution < -0.4 is 10.2 Å². The molecule has 1 aliphatic rings. The zero-order valence-electron chi connectivity index (χ0n) is 18.6. The van der Waals surface area contributed by atoms with Gasteiger partial charge in [-0.15, -0.1) is 0 Å². The van der Waals surface area contributed by atoms with Gasteiger partial charge in [-0.25, -0.2) is 0 Å². The van der Waals surface area contributed by atoms with Crippen LogP contribution in [0.5, 0.6) is 0 Å². The number of nitrogens with zero attached hydrogens (tertiary/aromatic N) is 2. The summed E-state index contributed by atoms with van der Waals surface area (Å²) in [5.41, 5.74) is 2.43. The first-order chi connectivity index (χ1) is 14.1. The maximum Gasteiger partial charge on any atom is 0.256 e. The molecule has 0 radical (unpaired) electrons. The van der Waals surface area contributed by atoms with Crippen molar-refractivity contribution < 1.29 is 9.59 Å². The quantitative estimate of drug-likeness (QED) is 0.501. The van der Waals surface area contributed by atoms with Crippen LogP contribution in [0.4, 0.5) is 11.4 Å². The summed E-state index contributed by atoms with van der Waals surface area (Å²) in [6.45, 7) is 9.55. The molecule has 1 aromatic carbocycles. The average molecular weight is 402 g/mol. The normalized spacial score (nSPS) is 14.0. The highest BCUT2D eigenvalue weighted by molar-refractivity contribution is 6.02. The van der Waals surface area contributed by atoms with Crippen molar-refractivity contribution >= 4 is 23.2 Å². The second kappa shape index (κ2) is 12.5. The first-order valence-electron chi connectivity index (χ1n) is 11.6. The van der Waals surface area contributed by atoms with E-state index in [2.05, 4.69) is 17.1 Å². The summed E-state index contributed by atoms with van der Waals surface area (Å²) in [7, 11) is 0. The van der Waals surface area contributed by atoms with E-state index >= 15 is 0 Å². The standard InChI is InChI=1S/C24H39N3O2/c1-4-7-8-9-11-14-23(28)25-20-15-16-22(27-17-12-10-13-18-27)21(19-20)24(29)26(5-2)6-3/h15-16,19H,4-14,17-18H2,1-3H3,(H,25,28). The SMILES string of the molecule is CCCCCCCC(=O)Nc1ccc(N2CCCCC2)c(C(=O)N(CC)CC)c1. The van der Waals surface area contributed by atoms with Crippen molar-refractivity contribution in [3.05, 3.63) is 23.8 Å². The Kier molecular flexibility index (Phi) is 10.0. The number of amides is 2. The van der Waals surface area contributed by atoms with Crippen LogP contribution in [0, 0.1) is 0 Å². The molecule has 1 aliphatic heterocycles. The van der Waals surface area contributed by atoms with Gasteiger partial charge >= 0.3 is 0 Å². The molecule has 0 unspecified atom stereocenters. The first-order valence-corrected chi connectivity index (χ1v) is 11.6. The number of benzene rings is 1. The molecule has 5 heteroatoms. The van der Waals surface area contributed by atoms with Crippen molar-refractivity contribution in [2.75, 3.05) is 36.4 Å². The van der Waals surface area contributed by atoms with Gasteiger partial charge in [-0.2, -0.15) is 0 Å². The van der Waals surface area contributed by atoms with Crippen molar-refractivity contribution in [1.82, 2.24) is 4.90 Å². The van der Waals surface area contributed by atoms with E-state index in [0.717, 1.165) is 50.1 Å². The third-order valence-electron chi connectivity index (χ3n) is 5.77. The summed E-state index contributed by atoms with van der Waals surface area (Å²) >= 11 is 0. The minimum Gasteiger partial charge on any atom is -0.371 e. The molecule has 1 N–H and O–H groups in total. The fraction of sp³-hybridized carbons (Fsp3) is 0.667. The molecule has 2 rings (SSSR count). The van der Waals surface area contributed by atoms with Gasteiger partial charge in [0.05, 0.1) is 5.56 Å². The lowest BCUT2D eigenvalue weighted by atomic mass is 10.0. The van der Waals surface area contributed by atoms with Crippen LogP contribution in [0.2, 0.25) is 0 Å². The van der Waals surface area contributed by atoms with E-state index in [4.69, 9.17) is 0 Å². The highest BCUT2D eigenvalue weighted by Crippen LogP contribution is 2.28. The molecular formula is C24H39N3O2. The summed E-state index contributed by atoms with van der Waals surface area (Å²) in [4.78, 5) is 29.7. The Morgan fingerprint density at radius 1 is 0.966 bits per heavy atom. The number of rotatable bonds is 11. The molecule has 0 atom stereocenters. The Bertz CT molecular complexity index is 650. The van der Waals surface area contributed by atoms with Crippen LogP contribution in [0.25, 0.3) is 0 Å². The molecule has 0 bridgehead atoms. The van der Waals surface area contributed by atoms with Crippen LogP contribution in [0.15, 0.2) is 18.2 Å². The van der Waals surface area contributed by atoms with Crippen LogP contribution in [0.1, 0.15) is 88.9 Å². The molecule has 2 amide bonds. The summed E-state index contributed by atoms with van der Waals surface area (Å²) in [5, 5.41) is 3.01. The largest absolute Gasteiger partial charge is 0.371 e. The summed E-state index contributed by atoms with van der Waals surface area (Å²) in [6, 6.07) is 5.83. The Balaban J connectivity index is 2.12. The van der Waals surface area contributed by atoms with Gasteiger partial charge in [0.1, 0.15) is 0 Å². The van der Waals surface area contributed by atoms with Crippen molar-refractivity contribution in [3.8, 4) is 0 Å². The number of unbranched alkanes of at least 4 members (excludes halogenated alkanes) is 4. The number of carbonyl (C=O) groups is 2. The molecule has 0 saturated carbocycles. The number of carbonyl (C=O) groups excluding carboxylic acids is 2. The lowest BCUT2D eigenvalue weighted by Gasteiger charge is -2.31. The number of hydrogen-bond acceptors (Lipinski definition) is 3. The fourth-order valence-corrected chi connectivity index (χ4v) is 3.99. The zero-order chi connectivity index (χ0) is 21.1. The van der Waals surface area contributed by atoms with Gasteiger partial charge in [0, 0.05) is 44.0 Å². The van der Waals surface area contributed by atoms with Gasteiger partial charge < -0.3 is 15.1 Å². The minimum absolute atomic E-state index is 0.0356. The third-order valence-corrected chi connectivity index (χ3v) is 5.77. The van der Waals surface area contributed by atoms with E-state index in [-0.39, 0.29) is 11.8 Å². The first kappa shape index (κ1) is 23.2. The predicted octanol–water partition coefficient (Wildman–Crippen LogP) is 5.46. The molecule has 1 saturated heterocycles. The Labute approximate surface area is 176 Å². The van der Waals surface area contributed by atoms with Crippen molar-refractivity contribution in [3.63, 3.8) is 0 Å². The zero-order valence-corrected chi connectivity index (χ0v) is 18.6. The number of nitrogens with one attached hydrogen (secondary N) is 1. The Morgan fingerprint density at radius 2 is 1.66 bits per heavy atom. The molecule has 1 fully saturated rings. The van der Waals surface area contributed by atoms with Crippen molar-refractivity contribution in [2.45, 2.75) is 78.6 Å². The smallest absolute Gasteiger partial charge is 0.256 e. The summed E-state index contributed by atoms with van der Waals surface area (Å²) in [6.07, 6.45) is 9.76. The van der Waals surface area contributed by atoms with Gasteiger partial charge in [0.2, 0.25) is 5.91 Å². The molecule has 1 heterocycles. The van der Waals surface area contributed by atoms with E-state index in [0.29, 0.717) is 25.1 Å². The van der Waals surface area contributed by atoms with Crippen LogP contribution in [-0.2, 0) is 4.79 Å². The molecule has 162 valence electrons. The number of piperidine rings is 1. The summed E-state index contributed by atoms with van der Waals surface area (Å²) in [5.74, 6) is 0.0831. The molecule has 29 heavy (non-hydrogen) atoms. The molecule has 1 aromatic rings. The van der Waals surface area contributed by atoms with Gasteiger partial charge in [0.25, 0.3) is 5.91 Å². The Morgan fingerprint density at radius 3 is 2.31 bits per heavy atom. The van der Waals surface area contributed by atoms with Crippen molar-refractivity contribution in [1.29, 1.82) is 0 Å². The van der Waals surface area contributed by atoms with E-state index in [9.17, 15) is 9.59 Å². The van der Waals surface area contributed by atoms with Crippen LogP contribution >= 0.6 is 0 Å². The van der Waals surface area contributed by atoms with Gasteiger partial charge in [-0.05, 0) is 57.7 Å². The number of anilines is 2. The Hall–Kier alpha value is -2.04. The van der Waals surface area contributed by atoms with E-state index < -0.39 is 0 Å². The predicted molar refractivity (Wildman–Crippen MR) is 122 cm³/mol. The lowest BCUT2D eigenvalue weighted by molar-refractivity contribution is -0.116. The second-order valence-electron chi connectivity index (χ2n) is 7.97. The van der Waals surface area contributed by atoms with Gasteiger partial charge in [0.15, 0.2) is 0 Å². The lowest BCUT2D eigenvalue weighted by Crippen LogP contribution is -2.35. The van der Waals surface area contributed by atoms with Gasteiger partial charge in [-0.1, -0.05) is 32.6 Å². The highest BCUT2D eigenvalue weighted by atomic mass is 16.2. The number of hydrogen-bond donors (Lipinski definition) is 1. The summed E-state index contributed by atoms with van der Waals surface area (Å²) < 4.78 is 0. The van der Waals surface area contributed by atoms with E-state index in [1.54, 1.807) is 0 Å². The second-order valence-corrected chi connectivity index (χ2v) is 7.97. The van der Waals surface area contributed by atoms with E-state index in [1.807, 2.05) is 36.9 Å². The monoisotopic (exact) mass is 401 g/mol. The van der Waals surface area contributed by atoms with Crippen LogP contribution in [-0.4, -0.2) is 42.9 Å². The topological polar surface area (TPSA) is 52.7 Å². The van der Waals surface area contributed by atoms with Gasteiger partial charge in [-0.3, -0.25) is 9.59 Å². The molecule has 5 nitrogen and oxygen atoms in total. The van der Waals surface area contributed by atoms with E-state index in [1.165, 1.54) is 25.7 Å². The maximum atomic E-state index is 13.2. The molecule has 0 spiro atoms. The molecule has 0 aliphatic carbocycles. The van der Waals surface area contributed by atoms with Crippen molar-refractivity contribution in [2.24, 2.45) is 0 Å². The molecular weight excluding hydrogens is 362 g/mol. The minimum atomic E-state index is 0.0356. The maximum absolute atomic E-state index is 13.2. The molecule has 0 aromatic heterocycles. The average Bonchev–Trinajstić information content (AvgIpc) is 2.75. The van der Waals surface area contributed by atoms with Crippen LogP contribution in [0.3, 0.4) is 0 Å². The third kappa shape index (κ3) is 7.06. The fourth-order valence-electron chi connectivity index (χ4n) is 3.99. The highest BCUT2D eigenvalue weighted by Gasteiger charge is 2.22.